The molecule has 130 valence electrons. The van der Waals surface area contributed by atoms with Crippen LogP contribution in [0.3, 0.4) is 0 Å². The van der Waals surface area contributed by atoms with E-state index < -0.39 is 0 Å². The number of nitrogens with one attached hydrogen (secondary N) is 2. The van der Waals surface area contributed by atoms with Crippen molar-refractivity contribution in [3.63, 3.8) is 0 Å². The van der Waals surface area contributed by atoms with E-state index in [9.17, 15) is 14.4 Å². The Morgan fingerprint density at radius 1 is 1.30 bits per heavy atom. The molecule has 1 unspecified atom stereocenters. The molecule has 2 aliphatic heterocycles. The van der Waals surface area contributed by atoms with Gasteiger partial charge in [-0.3, -0.25) is 14.9 Å². The first-order valence-corrected chi connectivity index (χ1v) is 7.86. The highest BCUT2D eigenvalue weighted by Crippen LogP contribution is 2.21. The fourth-order valence-electron chi connectivity index (χ4n) is 2.55. The molecule has 7 nitrogen and oxygen atoms in total. The van der Waals surface area contributed by atoms with E-state index in [0.29, 0.717) is 12.9 Å². The Balaban J connectivity index is 0.000000322. The quantitative estimate of drug-likeness (QED) is 0.460. The van der Waals surface area contributed by atoms with E-state index in [1.165, 1.54) is 0 Å². The molecule has 2 fully saturated rings. The predicted molar refractivity (Wildman–Crippen MR) is 86.8 cm³/mol. The van der Waals surface area contributed by atoms with Crippen LogP contribution in [0.1, 0.15) is 40.0 Å². The zero-order valence-corrected chi connectivity index (χ0v) is 14.1. The van der Waals surface area contributed by atoms with E-state index in [-0.39, 0.29) is 29.6 Å². The number of ether oxygens (including phenoxy) is 1. The third kappa shape index (κ3) is 6.02. The van der Waals surface area contributed by atoms with E-state index in [2.05, 4.69) is 21.9 Å². The molecule has 2 rings (SSSR count). The molecular weight excluding hydrogens is 298 g/mol. The molecule has 2 saturated heterocycles. The molecule has 0 aromatic rings. The van der Waals surface area contributed by atoms with Crippen LogP contribution in [0.15, 0.2) is 12.7 Å². The second-order valence-corrected chi connectivity index (χ2v) is 6.55. The Hall–Kier alpha value is -1.89. The molecule has 2 heterocycles. The molecule has 0 aromatic heterocycles. The van der Waals surface area contributed by atoms with Crippen LogP contribution in [-0.2, 0) is 14.3 Å². The van der Waals surface area contributed by atoms with Gasteiger partial charge in [-0.2, -0.15) is 0 Å². The number of rotatable bonds is 4. The van der Waals surface area contributed by atoms with Crippen molar-refractivity contribution in [1.82, 2.24) is 15.5 Å². The van der Waals surface area contributed by atoms with Crippen molar-refractivity contribution in [2.24, 2.45) is 0 Å². The molecule has 0 aliphatic carbocycles. The van der Waals surface area contributed by atoms with Gasteiger partial charge in [0, 0.05) is 6.04 Å². The Bertz CT molecular complexity index is 439. The zero-order chi connectivity index (χ0) is 17.5. The summed E-state index contributed by atoms with van der Waals surface area (Å²) in [5, 5.41) is 5.63. The third-order valence-electron chi connectivity index (χ3n) is 3.60. The summed E-state index contributed by atoms with van der Waals surface area (Å²) in [6, 6.07) is -0.422. The molecule has 0 aromatic carbocycles. The highest BCUT2D eigenvalue weighted by Gasteiger charge is 2.41. The first-order valence-electron chi connectivity index (χ1n) is 7.86. The highest BCUT2D eigenvalue weighted by atomic mass is 16.5. The number of carbonyl (C=O) groups is 3. The fraction of sp³-hybridized carbons (Fsp3) is 0.688. The predicted octanol–water partition coefficient (Wildman–Crippen LogP) is 1.19. The average molecular weight is 325 g/mol. The minimum atomic E-state index is -0.354. The van der Waals surface area contributed by atoms with Crippen molar-refractivity contribution in [2.75, 3.05) is 13.1 Å². The maximum absolute atomic E-state index is 11.7. The van der Waals surface area contributed by atoms with Crippen molar-refractivity contribution >= 4 is 18.4 Å². The van der Waals surface area contributed by atoms with Crippen LogP contribution in [-0.4, -0.2) is 54.1 Å². The molecular formula is C16H27N3O4. The normalized spacial score (nSPS) is 22.0. The van der Waals surface area contributed by atoms with Gasteiger partial charge < -0.3 is 15.0 Å². The van der Waals surface area contributed by atoms with Crippen LogP contribution in [0.4, 0.5) is 4.79 Å². The second-order valence-electron chi connectivity index (χ2n) is 6.55. The molecule has 1 atom stereocenters. The number of carbonyl (C=O) groups excluding carboxylic acids is 3. The maximum atomic E-state index is 11.7. The van der Waals surface area contributed by atoms with Gasteiger partial charge in [-0.15, -0.1) is 6.58 Å². The van der Waals surface area contributed by atoms with Gasteiger partial charge in [0.05, 0.1) is 0 Å². The number of urea groups is 1. The van der Waals surface area contributed by atoms with Gasteiger partial charge in [0.2, 0.25) is 0 Å². The molecule has 2 N–H and O–H groups in total. The van der Waals surface area contributed by atoms with Gasteiger partial charge in [-0.25, -0.2) is 4.79 Å². The zero-order valence-electron chi connectivity index (χ0n) is 14.1. The molecule has 0 radical (unpaired) electrons. The summed E-state index contributed by atoms with van der Waals surface area (Å²) in [5.41, 5.74) is -0.318. The Kier molecular flexibility index (Phi) is 7.22. The second kappa shape index (κ2) is 8.67. The molecule has 2 aliphatic rings. The summed E-state index contributed by atoms with van der Waals surface area (Å²) in [5.74, 6) is -0.191. The summed E-state index contributed by atoms with van der Waals surface area (Å²) < 4.78 is 4.55. The van der Waals surface area contributed by atoms with E-state index in [1.54, 1.807) is 11.0 Å². The van der Waals surface area contributed by atoms with Crippen LogP contribution in [0.5, 0.6) is 0 Å². The van der Waals surface area contributed by atoms with Crippen molar-refractivity contribution < 1.29 is 19.1 Å². The number of hydrogen-bond acceptors (Lipinski definition) is 5. The van der Waals surface area contributed by atoms with E-state index in [1.807, 2.05) is 20.8 Å². The Labute approximate surface area is 137 Å². The van der Waals surface area contributed by atoms with E-state index in [0.717, 1.165) is 25.9 Å². The minimum absolute atomic E-state index is 0.178. The number of piperidine rings is 1. The van der Waals surface area contributed by atoms with E-state index in [4.69, 9.17) is 0 Å². The molecule has 0 saturated carbocycles. The standard InChI is InChI=1S/C11H17N3O2.C5H10O2/c1-2-3-9-10(15)13-11(16)14(9)8-4-6-12-7-5-8;1-5(2,3)7-4-6/h2,8-9,12H,1,3-7H2,(H,13,15,16);4H,1-3H3. The molecule has 0 spiro atoms. The lowest BCUT2D eigenvalue weighted by molar-refractivity contribution is -0.138. The van der Waals surface area contributed by atoms with Gasteiger partial charge >= 0.3 is 6.03 Å². The van der Waals surface area contributed by atoms with Crippen LogP contribution in [0, 0.1) is 0 Å². The van der Waals surface area contributed by atoms with Crippen molar-refractivity contribution in [2.45, 2.75) is 57.7 Å². The lowest BCUT2D eigenvalue weighted by Crippen LogP contribution is -2.48. The number of imide groups is 1. The SMILES string of the molecule is C=CCC1C(=O)NC(=O)N1C1CCNCC1.CC(C)(C)OC=O. The van der Waals surface area contributed by atoms with Crippen LogP contribution in [0.25, 0.3) is 0 Å². The molecule has 7 heteroatoms. The fourth-order valence-corrected chi connectivity index (χ4v) is 2.55. The van der Waals surface area contributed by atoms with Crippen LogP contribution < -0.4 is 10.6 Å². The van der Waals surface area contributed by atoms with Gasteiger partial charge in [0.25, 0.3) is 12.4 Å². The van der Waals surface area contributed by atoms with E-state index >= 15 is 0 Å². The number of amides is 3. The molecule has 3 amide bonds. The third-order valence-corrected chi connectivity index (χ3v) is 3.60. The van der Waals surface area contributed by atoms with Gasteiger partial charge in [0.15, 0.2) is 0 Å². The number of hydrogen-bond donors (Lipinski definition) is 2. The van der Waals surface area contributed by atoms with Crippen molar-refractivity contribution in [3.05, 3.63) is 12.7 Å². The molecule has 23 heavy (non-hydrogen) atoms. The average Bonchev–Trinajstić information content (AvgIpc) is 2.74. The summed E-state index contributed by atoms with van der Waals surface area (Å²) in [7, 11) is 0. The van der Waals surface area contributed by atoms with Crippen molar-refractivity contribution in [3.8, 4) is 0 Å². The lowest BCUT2D eigenvalue weighted by atomic mass is 10.0. The first kappa shape index (κ1) is 19.2. The van der Waals surface area contributed by atoms with Gasteiger partial charge in [-0.05, 0) is 53.1 Å². The number of nitrogens with zero attached hydrogens (tertiary/aromatic N) is 1. The minimum Gasteiger partial charge on any atom is -0.462 e. The smallest absolute Gasteiger partial charge is 0.325 e. The summed E-state index contributed by atoms with van der Waals surface area (Å²) in [6.45, 7) is 11.4. The highest BCUT2D eigenvalue weighted by molar-refractivity contribution is 6.04. The molecule has 0 bridgehead atoms. The lowest BCUT2D eigenvalue weighted by Gasteiger charge is -2.33. The Morgan fingerprint density at radius 2 is 1.91 bits per heavy atom. The largest absolute Gasteiger partial charge is 0.462 e. The monoisotopic (exact) mass is 325 g/mol. The first-order chi connectivity index (χ1) is 10.8. The topological polar surface area (TPSA) is 87.7 Å². The Morgan fingerprint density at radius 3 is 2.35 bits per heavy atom. The maximum Gasteiger partial charge on any atom is 0.325 e. The van der Waals surface area contributed by atoms with Gasteiger partial charge in [-0.1, -0.05) is 6.08 Å². The van der Waals surface area contributed by atoms with Crippen molar-refractivity contribution in [1.29, 1.82) is 0 Å². The van der Waals surface area contributed by atoms with Crippen LogP contribution in [0.2, 0.25) is 0 Å². The summed E-state index contributed by atoms with van der Waals surface area (Å²) in [6.07, 6.45) is 4.04. The van der Waals surface area contributed by atoms with Crippen LogP contribution >= 0.6 is 0 Å². The summed E-state index contributed by atoms with van der Waals surface area (Å²) in [4.78, 5) is 34.6. The summed E-state index contributed by atoms with van der Waals surface area (Å²) >= 11 is 0. The van der Waals surface area contributed by atoms with Gasteiger partial charge in [0.1, 0.15) is 11.6 Å².